The van der Waals surface area contributed by atoms with Crippen LogP contribution in [0.4, 0.5) is 0 Å². The lowest BCUT2D eigenvalue weighted by atomic mass is 10.1. The number of carbonyl (C=O) groups excluding carboxylic acids is 1. The van der Waals surface area contributed by atoms with Crippen LogP contribution in [0.2, 0.25) is 0 Å². The summed E-state index contributed by atoms with van der Waals surface area (Å²) in [5.74, 6) is -0.192. The average molecular weight is 394 g/mol. The van der Waals surface area contributed by atoms with Gasteiger partial charge >= 0.3 is 5.69 Å². The van der Waals surface area contributed by atoms with E-state index in [0.717, 1.165) is 21.5 Å². The molecule has 1 amide bonds. The van der Waals surface area contributed by atoms with Crippen molar-refractivity contribution < 1.29 is 4.79 Å². The smallest absolute Gasteiger partial charge is 0.332 e. The second-order valence-corrected chi connectivity index (χ2v) is 7.25. The van der Waals surface area contributed by atoms with Crippen molar-refractivity contribution in [2.75, 3.05) is 0 Å². The van der Waals surface area contributed by atoms with Crippen LogP contribution in [-0.2, 0) is 18.4 Å². The third-order valence-electron chi connectivity index (χ3n) is 5.54. The summed E-state index contributed by atoms with van der Waals surface area (Å²) in [4.78, 5) is 41.7. The summed E-state index contributed by atoms with van der Waals surface area (Å²) in [6.45, 7) is 5.46. The highest BCUT2D eigenvalue weighted by molar-refractivity contribution is 5.78. The first-order valence-electron chi connectivity index (χ1n) is 9.26. The molecule has 2 N–H and O–H groups in total. The minimum atomic E-state index is -0.757. The Labute approximate surface area is 165 Å². The molecule has 4 aromatic rings. The van der Waals surface area contributed by atoms with Crippen molar-refractivity contribution >= 4 is 22.8 Å². The first-order chi connectivity index (χ1) is 13.7. The van der Waals surface area contributed by atoms with E-state index in [0.29, 0.717) is 5.78 Å². The van der Waals surface area contributed by atoms with Crippen molar-refractivity contribution in [3.63, 3.8) is 0 Å². The fraction of sp³-hybridized carbons (Fsp3) is 0.300. The number of amides is 1. The monoisotopic (exact) mass is 394 g/mol. The van der Waals surface area contributed by atoms with E-state index >= 15 is 0 Å². The van der Waals surface area contributed by atoms with Crippen LogP contribution in [0.1, 0.15) is 29.9 Å². The summed E-state index contributed by atoms with van der Waals surface area (Å²) in [7, 11) is 1.53. The summed E-state index contributed by atoms with van der Waals surface area (Å²) >= 11 is 0. The quantitative estimate of drug-likeness (QED) is 0.554. The van der Waals surface area contributed by atoms with Crippen molar-refractivity contribution in [1.29, 1.82) is 0 Å². The first kappa shape index (κ1) is 18.7. The number of fused-ring (bicyclic) bond motifs is 3. The molecule has 0 aliphatic heterocycles. The highest BCUT2D eigenvalue weighted by Crippen LogP contribution is 2.27. The SMILES string of the molecule is Cc1c(C)n2c3c(=O)n(CC(N)=O)c(=O)n(C)c3nc2n1[C@H](C)c1ccccc1. The van der Waals surface area contributed by atoms with Crippen LogP contribution in [0.3, 0.4) is 0 Å². The van der Waals surface area contributed by atoms with Gasteiger partial charge in [0.25, 0.3) is 5.56 Å². The Hall–Kier alpha value is -3.62. The molecule has 9 heteroatoms. The molecule has 0 spiro atoms. The van der Waals surface area contributed by atoms with E-state index in [1.54, 1.807) is 4.40 Å². The summed E-state index contributed by atoms with van der Waals surface area (Å²) in [5.41, 5.74) is 7.45. The zero-order valence-corrected chi connectivity index (χ0v) is 16.7. The van der Waals surface area contributed by atoms with Gasteiger partial charge < -0.3 is 10.3 Å². The van der Waals surface area contributed by atoms with Gasteiger partial charge in [-0.3, -0.25) is 18.6 Å². The fourth-order valence-corrected chi connectivity index (χ4v) is 3.91. The lowest BCUT2D eigenvalue weighted by Gasteiger charge is -2.16. The van der Waals surface area contributed by atoms with Crippen LogP contribution < -0.4 is 17.0 Å². The number of primary amides is 1. The molecule has 4 rings (SSSR count). The van der Waals surface area contributed by atoms with E-state index in [1.807, 2.05) is 48.7 Å². The largest absolute Gasteiger partial charge is 0.368 e. The van der Waals surface area contributed by atoms with Crippen LogP contribution in [0.15, 0.2) is 39.9 Å². The number of nitrogens with zero attached hydrogens (tertiary/aromatic N) is 5. The molecule has 0 unspecified atom stereocenters. The molecule has 0 bridgehead atoms. The molecule has 0 saturated carbocycles. The maximum absolute atomic E-state index is 13.1. The van der Waals surface area contributed by atoms with Crippen molar-refractivity contribution in [1.82, 2.24) is 23.1 Å². The molecule has 3 aromatic heterocycles. The fourth-order valence-electron chi connectivity index (χ4n) is 3.91. The maximum atomic E-state index is 13.1. The molecule has 0 aliphatic carbocycles. The highest BCUT2D eigenvalue weighted by Gasteiger charge is 2.25. The molecule has 0 radical (unpaired) electrons. The molecule has 9 nitrogen and oxygen atoms in total. The predicted molar refractivity (Wildman–Crippen MR) is 109 cm³/mol. The summed E-state index contributed by atoms with van der Waals surface area (Å²) in [5, 5.41) is 0. The Morgan fingerprint density at radius 2 is 1.79 bits per heavy atom. The maximum Gasteiger partial charge on any atom is 0.332 e. The Kier molecular flexibility index (Phi) is 4.18. The van der Waals surface area contributed by atoms with Gasteiger partial charge in [0, 0.05) is 18.4 Å². The number of aromatic nitrogens is 5. The Morgan fingerprint density at radius 1 is 1.14 bits per heavy atom. The molecular weight excluding hydrogens is 372 g/mol. The molecule has 1 atom stereocenters. The average Bonchev–Trinajstić information content (AvgIpc) is 3.19. The molecule has 0 saturated heterocycles. The number of imidazole rings is 2. The Bertz CT molecular complexity index is 1390. The standard InChI is InChI=1S/C20H22N6O3/c1-11-12(2)26-16-17(23(4)20(29)24(18(16)28)10-15(21)27)22-19(26)25(11)13(3)14-8-6-5-7-9-14/h5-9,13H,10H2,1-4H3,(H2,21,27)/t13-/m1/s1. The lowest BCUT2D eigenvalue weighted by molar-refractivity contribution is -0.118. The number of benzene rings is 1. The molecular formula is C20H22N6O3. The topological polar surface area (TPSA) is 109 Å². The summed E-state index contributed by atoms with van der Waals surface area (Å²) < 4.78 is 5.93. The molecule has 3 heterocycles. The molecule has 1 aromatic carbocycles. The third-order valence-corrected chi connectivity index (χ3v) is 5.54. The zero-order valence-electron chi connectivity index (χ0n) is 16.7. The van der Waals surface area contributed by atoms with Gasteiger partial charge in [-0.2, -0.15) is 4.98 Å². The summed E-state index contributed by atoms with van der Waals surface area (Å²) in [6.07, 6.45) is 0. The van der Waals surface area contributed by atoms with Crippen molar-refractivity contribution in [2.45, 2.75) is 33.4 Å². The van der Waals surface area contributed by atoms with Gasteiger partial charge in [0.1, 0.15) is 6.54 Å². The van der Waals surface area contributed by atoms with Gasteiger partial charge in [0.15, 0.2) is 11.2 Å². The van der Waals surface area contributed by atoms with E-state index in [4.69, 9.17) is 5.73 Å². The molecule has 0 fully saturated rings. The zero-order chi connectivity index (χ0) is 21.0. The number of hydrogen-bond donors (Lipinski definition) is 1. The minimum absolute atomic E-state index is 0.0333. The number of rotatable bonds is 4. The van der Waals surface area contributed by atoms with Crippen LogP contribution >= 0.6 is 0 Å². The van der Waals surface area contributed by atoms with Gasteiger partial charge in [-0.1, -0.05) is 30.3 Å². The first-order valence-corrected chi connectivity index (χ1v) is 9.26. The van der Waals surface area contributed by atoms with Crippen molar-refractivity contribution in [3.05, 3.63) is 68.1 Å². The summed E-state index contributed by atoms with van der Waals surface area (Å²) in [6, 6.07) is 9.95. The third kappa shape index (κ3) is 2.61. The van der Waals surface area contributed by atoms with Gasteiger partial charge in [-0.25, -0.2) is 9.36 Å². The molecule has 150 valence electrons. The van der Waals surface area contributed by atoms with E-state index in [9.17, 15) is 14.4 Å². The van der Waals surface area contributed by atoms with E-state index in [-0.39, 0.29) is 17.2 Å². The number of nitrogens with two attached hydrogens (primary N) is 1. The predicted octanol–water partition coefficient (Wildman–Crippen LogP) is 0.861. The van der Waals surface area contributed by atoms with E-state index in [1.165, 1.54) is 11.6 Å². The normalized spacial score (nSPS) is 12.7. The van der Waals surface area contributed by atoms with Gasteiger partial charge in [0.05, 0.1) is 6.04 Å². The van der Waals surface area contributed by atoms with E-state index < -0.39 is 23.7 Å². The van der Waals surface area contributed by atoms with Crippen LogP contribution in [-0.4, -0.2) is 29.0 Å². The molecule has 29 heavy (non-hydrogen) atoms. The number of hydrogen-bond acceptors (Lipinski definition) is 4. The number of carbonyl (C=O) groups is 1. The molecule has 0 aliphatic rings. The Balaban J connectivity index is 2.12. The van der Waals surface area contributed by atoms with E-state index in [2.05, 4.69) is 11.9 Å². The van der Waals surface area contributed by atoms with Gasteiger partial charge in [0.2, 0.25) is 11.7 Å². The minimum Gasteiger partial charge on any atom is -0.368 e. The lowest BCUT2D eigenvalue weighted by Crippen LogP contribution is -2.42. The second-order valence-electron chi connectivity index (χ2n) is 7.25. The van der Waals surface area contributed by atoms with Crippen LogP contribution in [0.25, 0.3) is 16.9 Å². The van der Waals surface area contributed by atoms with Gasteiger partial charge in [-0.05, 0) is 26.3 Å². The van der Waals surface area contributed by atoms with Gasteiger partial charge in [-0.15, -0.1) is 0 Å². The second kappa shape index (κ2) is 6.47. The number of aryl methyl sites for hydroxylation is 2. The van der Waals surface area contributed by atoms with Crippen LogP contribution in [0, 0.1) is 13.8 Å². The highest BCUT2D eigenvalue weighted by atomic mass is 16.2. The van der Waals surface area contributed by atoms with Crippen molar-refractivity contribution in [2.24, 2.45) is 12.8 Å². The Morgan fingerprint density at radius 3 is 2.41 bits per heavy atom. The van der Waals surface area contributed by atoms with Crippen LogP contribution in [0.5, 0.6) is 0 Å². The van der Waals surface area contributed by atoms with Crippen molar-refractivity contribution in [3.8, 4) is 0 Å².